The normalized spacial score (nSPS) is 11.6. The minimum absolute atomic E-state index is 0.0200. The first-order valence-corrected chi connectivity index (χ1v) is 8.28. The zero-order valence-corrected chi connectivity index (χ0v) is 14.8. The predicted octanol–water partition coefficient (Wildman–Crippen LogP) is 5.17. The first kappa shape index (κ1) is 18.8. The molecule has 0 fully saturated rings. The van der Waals surface area contributed by atoms with E-state index >= 15 is 0 Å². The number of alkyl halides is 3. The van der Waals surface area contributed by atoms with E-state index in [9.17, 15) is 18.0 Å². The summed E-state index contributed by atoms with van der Waals surface area (Å²) in [5, 5.41) is 3.44. The number of carbonyl (C=O) groups excluding carboxylic acids is 1. The Bertz CT molecular complexity index is 976. The number of halogens is 3. The van der Waals surface area contributed by atoms with Gasteiger partial charge in [-0.15, -0.1) is 0 Å². The second-order valence-electron chi connectivity index (χ2n) is 6.39. The van der Waals surface area contributed by atoms with Crippen molar-refractivity contribution in [2.45, 2.75) is 26.4 Å². The van der Waals surface area contributed by atoms with Gasteiger partial charge in [0.05, 0.1) is 18.4 Å². The fourth-order valence-corrected chi connectivity index (χ4v) is 2.71. The Morgan fingerprint density at radius 3 is 2.56 bits per heavy atom. The lowest BCUT2D eigenvalue weighted by molar-refractivity contribution is -0.153. The van der Waals surface area contributed by atoms with E-state index in [2.05, 4.69) is 5.32 Å². The summed E-state index contributed by atoms with van der Waals surface area (Å²) >= 11 is 0. The number of rotatable bonds is 5. The molecule has 0 aliphatic rings. The summed E-state index contributed by atoms with van der Waals surface area (Å²) in [5.74, 6) is -0.396. The molecule has 1 amide bonds. The molecule has 0 unspecified atom stereocenters. The molecular formula is C20H18F3NO3. The van der Waals surface area contributed by atoms with Crippen LogP contribution in [0.5, 0.6) is 5.75 Å². The van der Waals surface area contributed by atoms with Gasteiger partial charge in [0.15, 0.2) is 6.61 Å². The summed E-state index contributed by atoms with van der Waals surface area (Å²) in [4.78, 5) is 12.4. The lowest BCUT2D eigenvalue weighted by Gasteiger charge is -2.14. The minimum atomic E-state index is -4.46. The van der Waals surface area contributed by atoms with Crippen LogP contribution in [0.3, 0.4) is 0 Å². The topological polar surface area (TPSA) is 51.5 Å². The van der Waals surface area contributed by atoms with E-state index in [1.54, 1.807) is 13.0 Å². The van der Waals surface area contributed by atoms with E-state index in [1.807, 2.05) is 25.1 Å². The second kappa shape index (κ2) is 7.34. The number of nitrogens with one attached hydrogen (secondary N) is 1. The van der Waals surface area contributed by atoms with Gasteiger partial charge in [0.25, 0.3) is 0 Å². The van der Waals surface area contributed by atoms with Gasteiger partial charge in [0.1, 0.15) is 11.3 Å². The first-order valence-electron chi connectivity index (χ1n) is 8.28. The summed E-state index contributed by atoms with van der Waals surface area (Å²) in [7, 11) is 0. The number of amides is 1. The van der Waals surface area contributed by atoms with Crippen LogP contribution in [0.2, 0.25) is 0 Å². The Morgan fingerprint density at radius 1 is 1.11 bits per heavy atom. The van der Waals surface area contributed by atoms with E-state index in [1.165, 1.54) is 18.4 Å². The van der Waals surface area contributed by atoms with E-state index in [0.717, 1.165) is 16.5 Å². The van der Waals surface area contributed by atoms with Gasteiger partial charge in [-0.2, -0.15) is 13.2 Å². The van der Waals surface area contributed by atoms with E-state index in [0.29, 0.717) is 11.1 Å². The Labute approximate surface area is 153 Å². The SMILES string of the molecule is Cc1ccc(NC(=O)Cc2coc3cc(C)ccc23)c(OCC(F)(F)F)c1. The third-order valence-corrected chi connectivity index (χ3v) is 3.96. The molecule has 4 nitrogen and oxygen atoms in total. The van der Waals surface area contributed by atoms with Gasteiger partial charge in [0, 0.05) is 10.9 Å². The largest absolute Gasteiger partial charge is 0.482 e. The van der Waals surface area contributed by atoms with Crippen molar-refractivity contribution < 1.29 is 27.1 Å². The van der Waals surface area contributed by atoms with E-state index in [4.69, 9.17) is 9.15 Å². The van der Waals surface area contributed by atoms with Gasteiger partial charge in [-0.3, -0.25) is 4.79 Å². The zero-order chi connectivity index (χ0) is 19.6. The maximum Gasteiger partial charge on any atom is 0.422 e. The summed E-state index contributed by atoms with van der Waals surface area (Å²) in [6, 6.07) is 10.3. The molecule has 3 rings (SSSR count). The molecule has 1 heterocycles. The number of fused-ring (bicyclic) bond motifs is 1. The van der Waals surface area contributed by atoms with Crippen LogP contribution in [0.25, 0.3) is 11.0 Å². The third-order valence-electron chi connectivity index (χ3n) is 3.96. The summed E-state index contributed by atoms with van der Waals surface area (Å²) in [6.45, 7) is 2.24. The molecule has 0 spiro atoms. The number of anilines is 1. The third kappa shape index (κ3) is 4.81. The Hall–Kier alpha value is -2.96. The van der Waals surface area contributed by atoms with Crippen molar-refractivity contribution in [2.75, 3.05) is 11.9 Å². The van der Waals surface area contributed by atoms with Crippen molar-refractivity contribution in [3.8, 4) is 5.75 Å². The van der Waals surface area contributed by atoms with Gasteiger partial charge < -0.3 is 14.5 Å². The summed E-state index contributed by atoms with van der Waals surface area (Å²) in [6.07, 6.45) is -2.92. The number of benzene rings is 2. The minimum Gasteiger partial charge on any atom is -0.482 e. The van der Waals surface area contributed by atoms with Crippen molar-refractivity contribution in [1.82, 2.24) is 0 Å². The van der Waals surface area contributed by atoms with Gasteiger partial charge in [-0.25, -0.2) is 0 Å². The molecule has 27 heavy (non-hydrogen) atoms. The molecule has 0 aliphatic carbocycles. The number of hydrogen-bond acceptors (Lipinski definition) is 3. The maximum atomic E-state index is 12.4. The van der Waals surface area contributed by atoms with Gasteiger partial charge in [0.2, 0.25) is 5.91 Å². The van der Waals surface area contributed by atoms with Crippen molar-refractivity contribution >= 4 is 22.6 Å². The van der Waals surface area contributed by atoms with Crippen LogP contribution in [0.1, 0.15) is 16.7 Å². The lowest BCUT2D eigenvalue weighted by Crippen LogP contribution is -2.21. The highest BCUT2D eigenvalue weighted by molar-refractivity contribution is 5.96. The summed E-state index contributed by atoms with van der Waals surface area (Å²) in [5.41, 5.74) is 3.34. The number of carbonyl (C=O) groups is 1. The van der Waals surface area contributed by atoms with Crippen LogP contribution in [0.4, 0.5) is 18.9 Å². The number of aryl methyl sites for hydroxylation is 2. The molecular weight excluding hydrogens is 359 g/mol. The van der Waals surface area contributed by atoms with Crippen LogP contribution < -0.4 is 10.1 Å². The van der Waals surface area contributed by atoms with E-state index in [-0.39, 0.29) is 23.8 Å². The Balaban J connectivity index is 1.75. The average molecular weight is 377 g/mol. The summed E-state index contributed by atoms with van der Waals surface area (Å²) < 4.78 is 47.6. The molecule has 0 radical (unpaired) electrons. The van der Waals surface area contributed by atoms with Crippen molar-refractivity contribution in [3.63, 3.8) is 0 Å². The van der Waals surface area contributed by atoms with Crippen LogP contribution in [-0.2, 0) is 11.2 Å². The molecule has 0 saturated carbocycles. The predicted molar refractivity (Wildman–Crippen MR) is 96.0 cm³/mol. The first-order chi connectivity index (χ1) is 12.7. The molecule has 1 aromatic heterocycles. The molecule has 2 aromatic carbocycles. The van der Waals surface area contributed by atoms with Crippen molar-refractivity contribution in [2.24, 2.45) is 0 Å². The molecule has 3 aromatic rings. The van der Waals surface area contributed by atoms with Crippen molar-refractivity contribution in [3.05, 3.63) is 59.4 Å². The monoisotopic (exact) mass is 377 g/mol. The highest BCUT2D eigenvalue weighted by atomic mass is 19.4. The second-order valence-corrected chi connectivity index (χ2v) is 6.39. The molecule has 0 bridgehead atoms. The fraction of sp³-hybridized carbons (Fsp3) is 0.250. The highest BCUT2D eigenvalue weighted by Crippen LogP contribution is 2.29. The molecule has 1 N–H and O–H groups in total. The van der Waals surface area contributed by atoms with E-state index < -0.39 is 12.8 Å². The van der Waals surface area contributed by atoms with Crippen molar-refractivity contribution in [1.29, 1.82) is 0 Å². The number of hydrogen-bond donors (Lipinski definition) is 1. The smallest absolute Gasteiger partial charge is 0.422 e. The average Bonchev–Trinajstić information content (AvgIpc) is 2.96. The standard InChI is InChI=1S/C20H18F3NO3/c1-12-3-5-15-14(10-26-17(15)7-12)9-19(25)24-16-6-4-13(2)8-18(16)27-11-20(21,22)23/h3-8,10H,9,11H2,1-2H3,(H,24,25). The molecule has 142 valence electrons. The maximum absolute atomic E-state index is 12.4. The van der Waals surface area contributed by atoms with Gasteiger partial charge in [-0.1, -0.05) is 18.2 Å². The highest BCUT2D eigenvalue weighted by Gasteiger charge is 2.29. The van der Waals surface area contributed by atoms with Crippen LogP contribution in [0, 0.1) is 13.8 Å². The Kier molecular flexibility index (Phi) is 5.12. The number of furan rings is 1. The van der Waals surface area contributed by atoms with Crippen LogP contribution in [-0.4, -0.2) is 18.7 Å². The molecule has 0 atom stereocenters. The molecule has 0 aliphatic heterocycles. The number of ether oxygens (including phenoxy) is 1. The molecule has 0 saturated heterocycles. The fourth-order valence-electron chi connectivity index (χ4n) is 2.71. The van der Waals surface area contributed by atoms with Gasteiger partial charge in [-0.05, 0) is 43.2 Å². The van der Waals surface area contributed by atoms with Crippen LogP contribution in [0.15, 0.2) is 47.1 Å². The van der Waals surface area contributed by atoms with Gasteiger partial charge >= 0.3 is 6.18 Å². The lowest BCUT2D eigenvalue weighted by atomic mass is 10.1. The zero-order valence-electron chi connectivity index (χ0n) is 14.8. The quantitative estimate of drug-likeness (QED) is 0.667. The molecule has 7 heteroatoms. The van der Waals surface area contributed by atoms with Crippen LogP contribution >= 0.6 is 0 Å². The Morgan fingerprint density at radius 2 is 1.81 bits per heavy atom.